The van der Waals surface area contributed by atoms with Crippen molar-refractivity contribution >= 4 is 44.6 Å². The molecule has 0 unspecified atom stereocenters. The van der Waals surface area contributed by atoms with Gasteiger partial charge in [-0.3, -0.25) is 9.59 Å². The van der Waals surface area contributed by atoms with Crippen LogP contribution in [0.5, 0.6) is 11.5 Å². The number of benzene rings is 3. The average Bonchev–Trinajstić information content (AvgIpc) is 2.93. The number of rotatable bonds is 11. The second-order valence-corrected chi connectivity index (χ2v) is 10.6. The fourth-order valence-corrected chi connectivity index (χ4v) is 4.67. The Kier molecular flexibility index (Phi) is 9.73. The summed E-state index contributed by atoms with van der Waals surface area (Å²) < 4.78 is 14.0. The molecule has 0 atom stereocenters. The number of aromatic nitrogens is 2. The van der Waals surface area contributed by atoms with Crippen LogP contribution in [-0.2, 0) is 11.2 Å². The van der Waals surface area contributed by atoms with Gasteiger partial charge in [-0.15, -0.1) is 6.58 Å². The lowest BCUT2D eigenvalue weighted by atomic mass is 10.1. The zero-order valence-corrected chi connectivity index (χ0v) is 25.2. The molecule has 0 fully saturated rings. The quantitative estimate of drug-likeness (QED) is 0.151. The number of amides is 1. The van der Waals surface area contributed by atoms with Gasteiger partial charge >= 0.3 is 0 Å². The third-order valence-electron chi connectivity index (χ3n) is 6.26. The van der Waals surface area contributed by atoms with Crippen molar-refractivity contribution in [2.24, 2.45) is 5.10 Å². The van der Waals surface area contributed by atoms with Crippen molar-refractivity contribution < 1.29 is 14.3 Å². The summed E-state index contributed by atoms with van der Waals surface area (Å²) in [6, 6.07) is 16.6. The zero-order chi connectivity index (χ0) is 29.5. The predicted molar refractivity (Wildman–Crippen MR) is 168 cm³/mol. The number of hydrogen-bond acceptors (Lipinski definition) is 6. The number of anilines is 1. The van der Waals surface area contributed by atoms with Crippen LogP contribution in [0.3, 0.4) is 0 Å². The van der Waals surface area contributed by atoms with Gasteiger partial charge in [-0.2, -0.15) is 9.78 Å². The van der Waals surface area contributed by atoms with E-state index in [4.69, 9.17) is 14.5 Å². The van der Waals surface area contributed by atoms with Crippen LogP contribution in [-0.4, -0.2) is 35.0 Å². The second kappa shape index (κ2) is 13.4. The minimum absolute atomic E-state index is 0.0372. The molecule has 0 aliphatic carbocycles. The van der Waals surface area contributed by atoms with Crippen molar-refractivity contribution in [2.45, 2.75) is 40.0 Å². The number of hydrogen-bond donors (Lipinski definition) is 1. The van der Waals surface area contributed by atoms with Crippen molar-refractivity contribution in [3.05, 3.63) is 105 Å². The molecule has 3 aromatic carbocycles. The van der Waals surface area contributed by atoms with Gasteiger partial charge in [-0.05, 0) is 67.8 Å². The molecule has 0 bridgehead atoms. The smallest absolute Gasteiger partial charge is 0.282 e. The van der Waals surface area contributed by atoms with E-state index in [0.717, 1.165) is 21.3 Å². The molecule has 0 saturated carbocycles. The van der Waals surface area contributed by atoms with Crippen molar-refractivity contribution in [2.75, 3.05) is 18.5 Å². The lowest BCUT2D eigenvalue weighted by Gasteiger charge is -2.17. The maximum absolute atomic E-state index is 13.4. The molecule has 4 aromatic rings. The summed E-state index contributed by atoms with van der Waals surface area (Å²) in [6.45, 7) is 11.8. The van der Waals surface area contributed by atoms with Crippen molar-refractivity contribution in [1.29, 1.82) is 0 Å². The van der Waals surface area contributed by atoms with Gasteiger partial charge in [0.1, 0.15) is 5.82 Å². The average molecular weight is 618 g/mol. The largest absolute Gasteiger partial charge is 0.490 e. The van der Waals surface area contributed by atoms with Crippen LogP contribution in [0.2, 0.25) is 0 Å². The van der Waals surface area contributed by atoms with E-state index in [0.29, 0.717) is 46.8 Å². The van der Waals surface area contributed by atoms with Gasteiger partial charge in [-0.1, -0.05) is 54.1 Å². The highest BCUT2D eigenvalue weighted by Gasteiger charge is 2.17. The SMILES string of the molecule is C=CCc1cc(C=Nn2c(C(C)C)nc3ccc(Br)cc3c2=O)cc(OCC)c1OCC(=O)Nc1ccccc1C. The van der Waals surface area contributed by atoms with Gasteiger partial charge in [0.2, 0.25) is 0 Å². The van der Waals surface area contributed by atoms with Crippen LogP contribution in [0, 0.1) is 6.92 Å². The molecule has 8 nitrogen and oxygen atoms in total. The molecule has 0 spiro atoms. The minimum Gasteiger partial charge on any atom is -0.490 e. The van der Waals surface area contributed by atoms with Crippen molar-refractivity contribution in [3.8, 4) is 11.5 Å². The van der Waals surface area contributed by atoms with Crippen molar-refractivity contribution in [1.82, 2.24) is 9.66 Å². The Balaban J connectivity index is 1.68. The Morgan fingerprint density at radius 1 is 1.17 bits per heavy atom. The summed E-state index contributed by atoms with van der Waals surface area (Å²) in [6.07, 6.45) is 3.82. The summed E-state index contributed by atoms with van der Waals surface area (Å²) in [4.78, 5) is 30.8. The van der Waals surface area contributed by atoms with E-state index in [-0.39, 0.29) is 24.0 Å². The molecule has 0 saturated heterocycles. The second-order valence-electron chi connectivity index (χ2n) is 9.73. The standard InChI is InChI=1S/C32H33BrN4O4/c1-6-10-23-15-22(18-34-37-31(20(3)4)36-27-14-13-24(33)17-25(27)32(37)39)16-28(40-7-2)30(23)41-19-29(38)35-26-12-9-8-11-21(26)5/h6,8-9,11-18,20H,1,7,10,19H2,2-5H3,(H,35,38). The Labute approximate surface area is 247 Å². The molecule has 9 heteroatoms. The number of allylic oxidation sites excluding steroid dienone is 1. The zero-order valence-electron chi connectivity index (χ0n) is 23.6. The molecule has 212 valence electrons. The van der Waals surface area contributed by atoms with E-state index in [1.807, 2.05) is 70.2 Å². The van der Waals surface area contributed by atoms with E-state index in [2.05, 4.69) is 32.9 Å². The Hall–Kier alpha value is -4.24. The molecule has 1 N–H and O–H groups in total. The summed E-state index contributed by atoms with van der Waals surface area (Å²) in [5.41, 5.74) is 3.52. The first-order chi connectivity index (χ1) is 19.7. The van der Waals surface area contributed by atoms with Crippen LogP contribution in [0.1, 0.15) is 49.2 Å². The molecule has 1 heterocycles. The van der Waals surface area contributed by atoms with E-state index >= 15 is 0 Å². The first-order valence-corrected chi connectivity index (χ1v) is 14.2. The van der Waals surface area contributed by atoms with E-state index in [9.17, 15) is 9.59 Å². The highest BCUT2D eigenvalue weighted by Crippen LogP contribution is 2.34. The first-order valence-electron chi connectivity index (χ1n) is 13.4. The van der Waals surface area contributed by atoms with Crippen LogP contribution < -0.4 is 20.3 Å². The van der Waals surface area contributed by atoms with Crippen LogP contribution in [0.15, 0.2) is 81.6 Å². The lowest BCUT2D eigenvalue weighted by molar-refractivity contribution is -0.118. The molecule has 0 radical (unpaired) electrons. The number of para-hydroxylation sites is 1. The normalized spacial score (nSPS) is 11.3. The third-order valence-corrected chi connectivity index (χ3v) is 6.75. The highest BCUT2D eigenvalue weighted by atomic mass is 79.9. The molecule has 1 aromatic heterocycles. The van der Waals surface area contributed by atoms with E-state index in [1.165, 1.54) is 4.68 Å². The van der Waals surface area contributed by atoms with Gasteiger partial charge in [0, 0.05) is 21.6 Å². The molecule has 4 rings (SSSR count). The number of carbonyl (C=O) groups excluding carboxylic acids is 1. The van der Waals surface area contributed by atoms with Crippen LogP contribution in [0.25, 0.3) is 10.9 Å². The maximum atomic E-state index is 13.4. The van der Waals surface area contributed by atoms with Crippen LogP contribution in [0.4, 0.5) is 5.69 Å². The number of nitrogens with one attached hydrogen (secondary N) is 1. The first kappa shape index (κ1) is 29.7. The summed E-state index contributed by atoms with van der Waals surface area (Å²) >= 11 is 3.43. The van der Waals surface area contributed by atoms with Crippen molar-refractivity contribution in [3.63, 3.8) is 0 Å². The van der Waals surface area contributed by atoms with Gasteiger partial charge in [0.25, 0.3) is 11.5 Å². The number of fused-ring (bicyclic) bond motifs is 1. The van der Waals surface area contributed by atoms with Gasteiger partial charge in [0.05, 0.1) is 23.7 Å². The topological polar surface area (TPSA) is 94.8 Å². The fraction of sp³-hybridized carbons (Fsp3) is 0.250. The van der Waals surface area contributed by atoms with Gasteiger partial charge in [-0.25, -0.2) is 4.98 Å². The monoisotopic (exact) mass is 616 g/mol. The van der Waals surface area contributed by atoms with E-state index < -0.39 is 0 Å². The molecular formula is C32H33BrN4O4. The highest BCUT2D eigenvalue weighted by molar-refractivity contribution is 9.10. The minimum atomic E-state index is -0.284. The number of carbonyl (C=O) groups is 1. The number of nitrogens with zero attached hydrogens (tertiary/aromatic N) is 3. The molecule has 1 amide bonds. The summed E-state index contributed by atoms with van der Waals surface area (Å²) in [5.74, 6) is 1.16. The molecular weight excluding hydrogens is 584 g/mol. The third kappa shape index (κ3) is 7.10. The molecule has 0 aliphatic heterocycles. The lowest BCUT2D eigenvalue weighted by Crippen LogP contribution is -2.23. The summed E-state index contributed by atoms with van der Waals surface area (Å²) in [5, 5.41) is 7.90. The number of ether oxygens (including phenoxy) is 2. The van der Waals surface area contributed by atoms with Gasteiger partial charge < -0.3 is 14.8 Å². The van der Waals surface area contributed by atoms with E-state index in [1.54, 1.807) is 24.4 Å². The predicted octanol–water partition coefficient (Wildman–Crippen LogP) is 6.62. The molecule has 0 aliphatic rings. The molecule has 41 heavy (non-hydrogen) atoms. The Bertz CT molecular complexity index is 1680. The van der Waals surface area contributed by atoms with Crippen LogP contribution >= 0.6 is 15.9 Å². The van der Waals surface area contributed by atoms with Gasteiger partial charge in [0.15, 0.2) is 18.1 Å². The number of aryl methyl sites for hydroxylation is 1. The maximum Gasteiger partial charge on any atom is 0.282 e. The summed E-state index contributed by atoms with van der Waals surface area (Å²) in [7, 11) is 0. The Morgan fingerprint density at radius 3 is 2.66 bits per heavy atom. The number of halogens is 1. The Morgan fingerprint density at radius 2 is 1.95 bits per heavy atom. The fourth-order valence-electron chi connectivity index (χ4n) is 4.30.